The molecule has 0 unspecified atom stereocenters. The zero-order chi connectivity index (χ0) is 16.1. The molecule has 6 heteroatoms. The van der Waals surface area contributed by atoms with Crippen LogP contribution in [0.3, 0.4) is 0 Å². The number of aromatic nitrogens is 1. The number of amides is 1. The van der Waals surface area contributed by atoms with Crippen LogP contribution in [-0.4, -0.2) is 23.5 Å². The van der Waals surface area contributed by atoms with Crippen molar-refractivity contribution in [3.05, 3.63) is 63.8 Å². The van der Waals surface area contributed by atoms with Crippen molar-refractivity contribution in [2.45, 2.75) is 20.0 Å². The molecule has 0 spiro atoms. The van der Waals surface area contributed by atoms with E-state index in [9.17, 15) is 14.0 Å². The molecule has 1 aromatic heterocycles. The normalized spacial score (nSPS) is 11.8. The molecule has 2 N–H and O–H groups in total. The Kier molecular flexibility index (Phi) is 4.93. The lowest BCUT2D eigenvalue weighted by Crippen LogP contribution is -2.36. The highest BCUT2D eigenvalue weighted by Gasteiger charge is 2.12. The minimum atomic E-state index is -0.462. The van der Waals surface area contributed by atoms with Crippen LogP contribution < -0.4 is 15.6 Å². The minimum absolute atomic E-state index is 0.0552. The first kappa shape index (κ1) is 15.8. The summed E-state index contributed by atoms with van der Waals surface area (Å²) >= 11 is 0. The Bertz CT molecular complexity index is 710. The molecule has 0 aliphatic heterocycles. The van der Waals surface area contributed by atoms with Crippen LogP contribution in [0.4, 0.5) is 4.39 Å². The van der Waals surface area contributed by atoms with Crippen molar-refractivity contribution in [3.63, 3.8) is 0 Å². The number of H-pyrrole nitrogens is 1. The van der Waals surface area contributed by atoms with Gasteiger partial charge in [-0.05, 0) is 50.2 Å². The molecule has 1 atom stereocenters. The highest BCUT2D eigenvalue weighted by atomic mass is 19.1. The van der Waals surface area contributed by atoms with Crippen LogP contribution in [0.2, 0.25) is 0 Å². The van der Waals surface area contributed by atoms with Crippen LogP contribution in [0.1, 0.15) is 23.0 Å². The van der Waals surface area contributed by atoms with E-state index in [0.717, 1.165) is 0 Å². The molecule has 0 saturated heterocycles. The molecule has 0 aliphatic rings. The molecule has 0 saturated carbocycles. The molecule has 116 valence electrons. The van der Waals surface area contributed by atoms with Gasteiger partial charge in [-0.1, -0.05) is 0 Å². The van der Waals surface area contributed by atoms with Crippen LogP contribution in [0.5, 0.6) is 5.75 Å². The van der Waals surface area contributed by atoms with Crippen LogP contribution >= 0.6 is 0 Å². The topological polar surface area (TPSA) is 71.2 Å². The fourth-order valence-electron chi connectivity index (χ4n) is 1.87. The van der Waals surface area contributed by atoms with E-state index < -0.39 is 11.5 Å². The van der Waals surface area contributed by atoms with Gasteiger partial charge in [-0.3, -0.25) is 9.59 Å². The fraction of sp³-hybridized carbons (Fsp3) is 0.250. The van der Waals surface area contributed by atoms with E-state index in [4.69, 9.17) is 4.74 Å². The van der Waals surface area contributed by atoms with Crippen molar-refractivity contribution in [2.75, 3.05) is 6.54 Å². The number of aromatic amines is 1. The fourth-order valence-corrected chi connectivity index (χ4v) is 1.87. The van der Waals surface area contributed by atoms with Gasteiger partial charge in [-0.15, -0.1) is 0 Å². The van der Waals surface area contributed by atoms with Crippen LogP contribution in [0, 0.1) is 12.7 Å². The molecule has 2 rings (SSSR count). The number of hydrogen-bond acceptors (Lipinski definition) is 3. The van der Waals surface area contributed by atoms with Gasteiger partial charge >= 0.3 is 0 Å². The molecule has 1 aromatic carbocycles. The molecular weight excluding hydrogens is 287 g/mol. The van der Waals surface area contributed by atoms with Crippen molar-refractivity contribution >= 4 is 5.91 Å². The van der Waals surface area contributed by atoms with Gasteiger partial charge < -0.3 is 15.0 Å². The maximum atomic E-state index is 12.8. The quantitative estimate of drug-likeness (QED) is 0.888. The lowest BCUT2D eigenvalue weighted by atomic mass is 10.2. The Morgan fingerprint density at radius 2 is 1.95 bits per heavy atom. The first-order chi connectivity index (χ1) is 10.5. The summed E-state index contributed by atoms with van der Waals surface area (Å²) in [5.74, 6) is -0.293. The van der Waals surface area contributed by atoms with Crippen LogP contribution in [0.25, 0.3) is 0 Å². The Morgan fingerprint density at radius 1 is 1.27 bits per heavy atom. The van der Waals surface area contributed by atoms with E-state index in [1.165, 1.54) is 30.3 Å². The molecule has 0 aliphatic carbocycles. The third-order valence-electron chi connectivity index (χ3n) is 3.00. The highest BCUT2D eigenvalue weighted by Crippen LogP contribution is 2.12. The van der Waals surface area contributed by atoms with Crippen molar-refractivity contribution in [3.8, 4) is 5.75 Å². The monoisotopic (exact) mass is 304 g/mol. The molecule has 1 amide bonds. The number of carbonyl (C=O) groups excluding carboxylic acids is 1. The summed E-state index contributed by atoms with van der Waals surface area (Å²) in [7, 11) is 0. The summed E-state index contributed by atoms with van der Waals surface area (Å²) in [6.45, 7) is 3.73. The molecule has 2 aromatic rings. The zero-order valence-electron chi connectivity index (χ0n) is 12.4. The van der Waals surface area contributed by atoms with Gasteiger partial charge in [0.05, 0.1) is 6.54 Å². The number of carbonyl (C=O) groups is 1. The Balaban J connectivity index is 1.90. The maximum absolute atomic E-state index is 12.8. The summed E-state index contributed by atoms with van der Waals surface area (Å²) in [5, 5.41) is 2.63. The number of hydrogen-bond donors (Lipinski definition) is 2. The molecular formula is C16H17FN2O3. The summed E-state index contributed by atoms with van der Waals surface area (Å²) in [6, 6.07) is 8.76. The number of aryl methyl sites for hydroxylation is 1. The number of rotatable bonds is 5. The third kappa shape index (κ3) is 4.18. The van der Waals surface area contributed by atoms with E-state index in [0.29, 0.717) is 11.4 Å². The van der Waals surface area contributed by atoms with E-state index in [-0.39, 0.29) is 24.0 Å². The Hall–Kier alpha value is -2.63. The number of benzene rings is 1. The molecule has 22 heavy (non-hydrogen) atoms. The second kappa shape index (κ2) is 6.89. The lowest BCUT2D eigenvalue weighted by Gasteiger charge is -2.15. The smallest absolute Gasteiger partial charge is 0.260 e. The summed E-state index contributed by atoms with van der Waals surface area (Å²) in [6.07, 6.45) is -0.320. The largest absolute Gasteiger partial charge is 0.489 e. The minimum Gasteiger partial charge on any atom is -0.489 e. The number of nitrogens with one attached hydrogen (secondary N) is 2. The van der Waals surface area contributed by atoms with E-state index in [2.05, 4.69) is 10.3 Å². The third-order valence-corrected chi connectivity index (χ3v) is 3.00. The number of pyridine rings is 1. The Morgan fingerprint density at radius 3 is 2.59 bits per heavy atom. The number of ether oxygens (including phenoxy) is 1. The predicted molar refractivity (Wildman–Crippen MR) is 80.6 cm³/mol. The second-order valence-electron chi connectivity index (χ2n) is 4.98. The SMILES string of the molecule is Cc1ccc(C(=O)NC[C@@H](C)Oc2ccc(F)cc2)c(=O)[nH]1. The first-order valence-corrected chi connectivity index (χ1v) is 6.86. The summed E-state index contributed by atoms with van der Waals surface area (Å²) < 4.78 is 18.3. The Labute approximate surface area is 127 Å². The van der Waals surface area contributed by atoms with Gasteiger partial charge in [0.1, 0.15) is 23.2 Å². The van der Waals surface area contributed by atoms with Crippen molar-refractivity contribution in [1.82, 2.24) is 10.3 Å². The lowest BCUT2D eigenvalue weighted by molar-refractivity contribution is 0.0930. The number of halogens is 1. The highest BCUT2D eigenvalue weighted by molar-refractivity contribution is 5.93. The average molecular weight is 304 g/mol. The van der Waals surface area contributed by atoms with Crippen molar-refractivity contribution in [2.24, 2.45) is 0 Å². The predicted octanol–water partition coefficient (Wildman–Crippen LogP) is 2.02. The molecule has 1 heterocycles. The van der Waals surface area contributed by atoms with Gasteiger partial charge in [-0.25, -0.2) is 4.39 Å². The van der Waals surface area contributed by atoms with Gasteiger partial charge in [0.25, 0.3) is 11.5 Å². The van der Waals surface area contributed by atoms with Gasteiger partial charge in [0, 0.05) is 5.69 Å². The van der Waals surface area contributed by atoms with Gasteiger partial charge in [-0.2, -0.15) is 0 Å². The van der Waals surface area contributed by atoms with Gasteiger partial charge in [0.15, 0.2) is 0 Å². The van der Waals surface area contributed by atoms with Crippen molar-refractivity contribution in [1.29, 1.82) is 0 Å². The summed E-state index contributed by atoms with van der Waals surface area (Å²) in [5.41, 5.74) is 0.318. The second-order valence-corrected chi connectivity index (χ2v) is 4.98. The molecule has 0 bridgehead atoms. The first-order valence-electron chi connectivity index (χ1n) is 6.86. The maximum Gasteiger partial charge on any atom is 0.260 e. The van der Waals surface area contributed by atoms with Crippen LogP contribution in [0.15, 0.2) is 41.2 Å². The average Bonchev–Trinajstić information content (AvgIpc) is 2.47. The molecule has 5 nitrogen and oxygen atoms in total. The van der Waals surface area contributed by atoms with E-state index >= 15 is 0 Å². The molecule has 0 fully saturated rings. The molecule has 0 radical (unpaired) electrons. The standard InChI is InChI=1S/C16H17FN2O3/c1-10-3-8-14(16(21)19-10)15(20)18-9-11(2)22-13-6-4-12(17)5-7-13/h3-8,11H,9H2,1-2H3,(H,18,20)(H,19,21)/t11-/m1/s1. The van der Waals surface area contributed by atoms with E-state index in [1.807, 2.05) is 0 Å². The van der Waals surface area contributed by atoms with Crippen LogP contribution in [-0.2, 0) is 0 Å². The summed E-state index contributed by atoms with van der Waals surface area (Å²) in [4.78, 5) is 26.2. The van der Waals surface area contributed by atoms with Crippen molar-refractivity contribution < 1.29 is 13.9 Å². The zero-order valence-corrected chi connectivity index (χ0v) is 12.4. The van der Waals surface area contributed by atoms with E-state index in [1.54, 1.807) is 19.9 Å². The van der Waals surface area contributed by atoms with Gasteiger partial charge in [0.2, 0.25) is 0 Å².